The number of benzene rings is 1. The summed E-state index contributed by atoms with van der Waals surface area (Å²) in [5, 5.41) is 0. The van der Waals surface area contributed by atoms with E-state index in [1.165, 1.54) is 6.07 Å². The topological polar surface area (TPSA) is 64.6 Å². The average molecular weight is 299 g/mol. The minimum atomic E-state index is -3.51. The molecule has 1 aromatic carbocycles. The number of sulfonamides is 1. The molecule has 6 heteroatoms. The highest BCUT2D eigenvalue weighted by Gasteiger charge is 2.21. The molecule has 112 valence electrons. The lowest BCUT2D eigenvalue weighted by Gasteiger charge is -2.16. The highest BCUT2D eigenvalue weighted by atomic mass is 32.2. The summed E-state index contributed by atoms with van der Waals surface area (Å²) in [4.78, 5) is 0.216. The van der Waals surface area contributed by atoms with E-state index in [1.807, 2.05) is 13.8 Å². The Labute approximate surface area is 120 Å². The maximum absolute atomic E-state index is 12.3. The summed E-state index contributed by atoms with van der Waals surface area (Å²) in [5.74, 6) is 1.10. The number of rotatable bonds is 5. The van der Waals surface area contributed by atoms with Crippen LogP contribution in [-0.2, 0) is 10.0 Å². The van der Waals surface area contributed by atoms with E-state index in [9.17, 15) is 8.42 Å². The molecule has 1 N–H and O–H groups in total. The lowest BCUT2D eigenvalue weighted by Crippen LogP contribution is -2.33. The monoisotopic (exact) mass is 299 g/mol. The quantitative estimate of drug-likeness (QED) is 0.906. The summed E-state index contributed by atoms with van der Waals surface area (Å²) in [6, 6.07) is 4.70. The SMILES string of the molecule is CCC(CC)NS(=O)(=O)c1ccc2c(c1)OCCCO2. The Morgan fingerprint density at radius 2 is 1.80 bits per heavy atom. The molecule has 1 aliphatic rings. The largest absolute Gasteiger partial charge is 0.490 e. The third-order valence-corrected chi connectivity index (χ3v) is 4.85. The van der Waals surface area contributed by atoms with E-state index >= 15 is 0 Å². The van der Waals surface area contributed by atoms with Gasteiger partial charge >= 0.3 is 0 Å². The summed E-state index contributed by atoms with van der Waals surface area (Å²) in [6.45, 7) is 5.05. The third-order valence-electron chi connectivity index (χ3n) is 3.34. The van der Waals surface area contributed by atoms with Gasteiger partial charge in [0.2, 0.25) is 10.0 Å². The molecule has 0 aliphatic carbocycles. The fourth-order valence-corrected chi connectivity index (χ4v) is 3.47. The first kappa shape index (κ1) is 15.1. The summed E-state index contributed by atoms with van der Waals surface area (Å²) >= 11 is 0. The molecule has 0 saturated heterocycles. The van der Waals surface area contributed by atoms with Crippen LogP contribution in [0.15, 0.2) is 23.1 Å². The molecule has 0 aromatic heterocycles. The van der Waals surface area contributed by atoms with E-state index in [4.69, 9.17) is 9.47 Å². The lowest BCUT2D eigenvalue weighted by molar-refractivity contribution is 0.297. The van der Waals surface area contributed by atoms with E-state index < -0.39 is 10.0 Å². The minimum absolute atomic E-state index is 0.0454. The summed E-state index contributed by atoms with van der Waals surface area (Å²) in [7, 11) is -3.51. The van der Waals surface area contributed by atoms with E-state index in [-0.39, 0.29) is 10.9 Å². The molecular formula is C14H21NO4S. The van der Waals surface area contributed by atoms with Crippen LogP contribution in [0.1, 0.15) is 33.1 Å². The van der Waals surface area contributed by atoms with Gasteiger partial charge in [0.15, 0.2) is 11.5 Å². The first-order valence-electron chi connectivity index (χ1n) is 6.98. The van der Waals surface area contributed by atoms with Crippen molar-refractivity contribution in [3.05, 3.63) is 18.2 Å². The molecule has 0 amide bonds. The van der Waals surface area contributed by atoms with Gasteiger partial charge in [0.05, 0.1) is 18.1 Å². The molecule has 1 aromatic rings. The smallest absolute Gasteiger partial charge is 0.240 e. The van der Waals surface area contributed by atoms with Crippen molar-refractivity contribution in [3.8, 4) is 11.5 Å². The van der Waals surface area contributed by atoms with Gasteiger partial charge in [-0.2, -0.15) is 0 Å². The Bertz CT molecular complexity index is 552. The van der Waals surface area contributed by atoms with Crippen molar-refractivity contribution < 1.29 is 17.9 Å². The van der Waals surface area contributed by atoms with Crippen LogP contribution >= 0.6 is 0 Å². The molecule has 1 heterocycles. The highest BCUT2D eigenvalue weighted by Crippen LogP contribution is 2.31. The van der Waals surface area contributed by atoms with Crippen LogP contribution in [0.25, 0.3) is 0 Å². The molecule has 5 nitrogen and oxygen atoms in total. The fraction of sp³-hybridized carbons (Fsp3) is 0.571. The normalized spacial score (nSPS) is 15.2. The lowest BCUT2D eigenvalue weighted by atomic mass is 10.2. The zero-order valence-electron chi connectivity index (χ0n) is 11.9. The molecule has 0 atom stereocenters. The third kappa shape index (κ3) is 3.43. The van der Waals surface area contributed by atoms with Crippen molar-refractivity contribution >= 4 is 10.0 Å². The molecule has 0 bridgehead atoms. The van der Waals surface area contributed by atoms with Gasteiger partial charge in [-0.15, -0.1) is 0 Å². The van der Waals surface area contributed by atoms with Crippen LogP contribution in [-0.4, -0.2) is 27.7 Å². The van der Waals surface area contributed by atoms with Crippen LogP contribution in [0, 0.1) is 0 Å². The van der Waals surface area contributed by atoms with E-state index in [0.717, 1.165) is 19.3 Å². The van der Waals surface area contributed by atoms with Crippen LogP contribution in [0.4, 0.5) is 0 Å². The van der Waals surface area contributed by atoms with Gasteiger partial charge in [0, 0.05) is 18.5 Å². The zero-order valence-corrected chi connectivity index (χ0v) is 12.7. The Hall–Kier alpha value is -1.27. The molecule has 2 rings (SSSR count). The maximum Gasteiger partial charge on any atom is 0.240 e. The van der Waals surface area contributed by atoms with Gasteiger partial charge < -0.3 is 9.47 Å². The predicted octanol–water partition coefficient (Wildman–Crippen LogP) is 2.31. The average Bonchev–Trinajstić information content (AvgIpc) is 2.69. The molecule has 0 fully saturated rings. The predicted molar refractivity (Wildman–Crippen MR) is 76.7 cm³/mol. The van der Waals surface area contributed by atoms with Crippen molar-refractivity contribution in [1.82, 2.24) is 4.72 Å². The van der Waals surface area contributed by atoms with Gasteiger partial charge in [-0.3, -0.25) is 0 Å². The van der Waals surface area contributed by atoms with E-state index in [1.54, 1.807) is 12.1 Å². The Kier molecular flexibility index (Phi) is 4.88. The van der Waals surface area contributed by atoms with Crippen LogP contribution in [0.2, 0.25) is 0 Å². The van der Waals surface area contributed by atoms with Crippen LogP contribution in [0.3, 0.4) is 0 Å². The van der Waals surface area contributed by atoms with Crippen molar-refractivity contribution in [2.24, 2.45) is 0 Å². The molecular weight excluding hydrogens is 278 g/mol. The zero-order chi connectivity index (χ0) is 14.6. The molecule has 0 radical (unpaired) electrons. The van der Waals surface area contributed by atoms with Gasteiger partial charge in [-0.25, -0.2) is 13.1 Å². The number of ether oxygens (including phenoxy) is 2. The fourth-order valence-electron chi connectivity index (χ4n) is 2.05. The summed E-state index contributed by atoms with van der Waals surface area (Å²) in [6.07, 6.45) is 2.32. The maximum atomic E-state index is 12.3. The Morgan fingerprint density at radius 1 is 1.15 bits per heavy atom. The molecule has 0 saturated carbocycles. The van der Waals surface area contributed by atoms with Gasteiger partial charge in [0.25, 0.3) is 0 Å². The minimum Gasteiger partial charge on any atom is -0.490 e. The second-order valence-corrected chi connectivity index (χ2v) is 6.51. The number of nitrogens with one attached hydrogen (secondary N) is 1. The molecule has 0 spiro atoms. The number of hydrogen-bond donors (Lipinski definition) is 1. The number of hydrogen-bond acceptors (Lipinski definition) is 4. The van der Waals surface area contributed by atoms with Gasteiger partial charge in [-0.1, -0.05) is 13.8 Å². The Morgan fingerprint density at radius 3 is 2.45 bits per heavy atom. The molecule has 0 unspecified atom stereocenters. The standard InChI is InChI=1S/C14H21NO4S/c1-3-11(4-2)15-20(16,17)12-6-7-13-14(10-12)19-9-5-8-18-13/h6-7,10-11,15H,3-5,8-9H2,1-2H3. The van der Waals surface area contributed by atoms with Crippen molar-refractivity contribution in [2.45, 2.75) is 44.0 Å². The second-order valence-electron chi connectivity index (χ2n) is 4.79. The summed E-state index contributed by atoms with van der Waals surface area (Å²) in [5.41, 5.74) is 0. The first-order chi connectivity index (χ1) is 9.56. The number of fused-ring (bicyclic) bond motifs is 1. The first-order valence-corrected chi connectivity index (χ1v) is 8.47. The second kappa shape index (κ2) is 6.45. The van der Waals surface area contributed by atoms with Crippen molar-refractivity contribution in [3.63, 3.8) is 0 Å². The van der Waals surface area contributed by atoms with E-state index in [0.29, 0.717) is 24.7 Å². The molecule has 1 aliphatic heterocycles. The Balaban J connectivity index is 2.26. The van der Waals surface area contributed by atoms with Crippen LogP contribution in [0.5, 0.6) is 11.5 Å². The summed E-state index contributed by atoms with van der Waals surface area (Å²) < 4.78 is 38.4. The van der Waals surface area contributed by atoms with Crippen LogP contribution < -0.4 is 14.2 Å². The van der Waals surface area contributed by atoms with Crippen molar-refractivity contribution in [1.29, 1.82) is 0 Å². The van der Waals surface area contributed by atoms with Crippen molar-refractivity contribution in [2.75, 3.05) is 13.2 Å². The van der Waals surface area contributed by atoms with Gasteiger partial charge in [-0.05, 0) is 25.0 Å². The highest BCUT2D eigenvalue weighted by molar-refractivity contribution is 7.89. The van der Waals surface area contributed by atoms with Gasteiger partial charge in [0.1, 0.15) is 0 Å². The molecule has 20 heavy (non-hydrogen) atoms. The van der Waals surface area contributed by atoms with E-state index in [2.05, 4.69) is 4.72 Å².